The van der Waals surface area contributed by atoms with E-state index in [4.69, 9.17) is 4.74 Å². The molecule has 27 heavy (non-hydrogen) atoms. The highest BCUT2D eigenvalue weighted by Gasteiger charge is 2.26. The highest BCUT2D eigenvalue weighted by atomic mass is 16.5. The van der Waals surface area contributed by atoms with Gasteiger partial charge in [-0.05, 0) is 57.2 Å². The first kappa shape index (κ1) is 19.3. The van der Waals surface area contributed by atoms with Gasteiger partial charge in [-0.25, -0.2) is 4.79 Å². The first-order valence-corrected chi connectivity index (χ1v) is 9.67. The Kier molecular flexibility index (Phi) is 6.04. The predicted molar refractivity (Wildman–Crippen MR) is 106 cm³/mol. The van der Waals surface area contributed by atoms with E-state index in [0.29, 0.717) is 12.5 Å². The Morgan fingerprint density at radius 3 is 2.63 bits per heavy atom. The minimum absolute atomic E-state index is 0.0162. The molecule has 1 N–H and O–H groups in total. The molecule has 1 saturated heterocycles. The summed E-state index contributed by atoms with van der Waals surface area (Å²) in [5.74, 6) is 1.39. The highest BCUT2D eigenvalue weighted by molar-refractivity contribution is 5.74. The van der Waals surface area contributed by atoms with E-state index in [0.717, 1.165) is 43.1 Å². The number of hydrogen-bond acceptors (Lipinski definition) is 3. The SMILES string of the molecule is COc1ccccc1C1CCN(C(=O)N[C@H](C)Cn2nc(C)cc2C)CC1. The van der Waals surface area contributed by atoms with E-state index < -0.39 is 0 Å². The van der Waals surface area contributed by atoms with E-state index in [1.54, 1.807) is 7.11 Å². The van der Waals surface area contributed by atoms with Crippen LogP contribution in [0.25, 0.3) is 0 Å². The molecule has 3 rings (SSSR count). The number of urea groups is 1. The average molecular weight is 370 g/mol. The van der Waals surface area contributed by atoms with Gasteiger partial charge in [-0.3, -0.25) is 4.68 Å². The first-order chi connectivity index (χ1) is 13.0. The lowest BCUT2D eigenvalue weighted by Crippen LogP contribution is -2.48. The third-order valence-electron chi connectivity index (χ3n) is 5.28. The molecule has 0 radical (unpaired) electrons. The van der Waals surface area contributed by atoms with E-state index >= 15 is 0 Å². The van der Waals surface area contributed by atoms with Crippen LogP contribution < -0.4 is 10.1 Å². The van der Waals surface area contributed by atoms with Gasteiger partial charge in [-0.1, -0.05) is 18.2 Å². The second kappa shape index (κ2) is 8.46. The number of amides is 2. The summed E-state index contributed by atoms with van der Waals surface area (Å²) in [4.78, 5) is 14.5. The van der Waals surface area contributed by atoms with Crippen molar-refractivity contribution >= 4 is 6.03 Å². The number of hydrogen-bond donors (Lipinski definition) is 1. The fourth-order valence-electron chi connectivity index (χ4n) is 3.86. The third kappa shape index (κ3) is 4.62. The molecular formula is C21H30N4O2. The molecule has 0 spiro atoms. The maximum Gasteiger partial charge on any atom is 0.317 e. The molecule has 6 heteroatoms. The van der Waals surface area contributed by atoms with Crippen LogP contribution in [0.1, 0.15) is 42.6 Å². The van der Waals surface area contributed by atoms with Crippen LogP contribution in [0.3, 0.4) is 0 Å². The monoisotopic (exact) mass is 370 g/mol. The van der Waals surface area contributed by atoms with Crippen molar-refractivity contribution < 1.29 is 9.53 Å². The molecule has 0 aliphatic carbocycles. The number of carbonyl (C=O) groups is 1. The van der Waals surface area contributed by atoms with Crippen LogP contribution in [0.2, 0.25) is 0 Å². The number of para-hydroxylation sites is 1. The van der Waals surface area contributed by atoms with Crippen LogP contribution in [0.4, 0.5) is 4.79 Å². The second-order valence-electron chi connectivity index (χ2n) is 7.46. The number of benzene rings is 1. The maximum atomic E-state index is 12.6. The molecule has 0 saturated carbocycles. The van der Waals surface area contributed by atoms with Gasteiger partial charge in [-0.2, -0.15) is 5.10 Å². The Balaban J connectivity index is 1.51. The molecule has 1 aliphatic heterocycles. The van der Waals surface area contributed by atoms with Crippen LogP contribution >= 0.6 is 0 Å². The van der Waals surface area contributed by atoms with Crippen molar-refractivity contribution in [3.63, 3.8) is 0 Å². The summed E-state index contributed by atoms with van der Waals surface area (Å²) in [6.45, 7) is 8.26. The summed E-state index contributed by atoms with van der Waals surface area (Å²) in [6.07, 6.45) is 1.92. The molecule has 146 valence electrons. The quantitative estimate of drug-likeness (QED) is 0.876. The zero-order valence-electron chi connectivity index (χ0n) is 16.7. The number of nitrogens with zero attached hydrogens (tertiary/aromatic N) is 3. The summed E-state index contributed by atoms with van der Waals surface area (Å²) >= 11 is 0. The van der Waals surface area contributed by atoms with E-state index in [-0.39, 0.29) is 12.1 Å². The maximum absolute atomic E-state index is 12.6. The zero-order valence-corrected chi connectivity index (χ0v) is 16.7. The number of aryl methyl sites for hydroxylation is 2. The highest BCUT2D eigenvalue weighted by Crippen LogP contribution is 2.33. The Labute approximate surface area is 161 Å². The molecule has 1 atom stereocenters. The fraction of sp³-hybridized carbons (Fsp3) is 0.524. The van der Waals surface area contributed by atoms with Crippen molar-refractivity contribution in [2.45, 2.75) is 52.1 Å². The summed E-state index contributed by atoms with van der Waals surface area (Å²) in [7, 11) is 1.71. The second-order valence-corrected chi connectivity index (χ2v) is 7.46. The Hall–Kier alpha value is -2.50. The van der Waals surface area contributed by atoms with Crippen molar-refractivity contribution in [3.05, 3.63) is 47.3 Å². The number of rotatable bonds is 5. The van der Waals surface area contributed by atoms with Gasteiger partial charge >= 0.3 is 6.03 Å². The minimum Gasteiger partial charge on any atom is -0.496 e. The van der Waals surface area contributed by atoms with Crippen molar-refractivity contribution in [1.29, 1.82) is 0 Å². The molecule has 0 unspecified atom stereocenters. The number of ether oxygens (including phenoxy) is 1. The standard InChI is InChI=1S/C21H30N4O2/c1-15-13-17(3)25(23-15)14-16(2)22-21(26)24-11-9-18(10-12-24)19-7-5-6-8-20(19)27-4/h5-8,13,16,18H,9-12,14H2,1-4H3,(H,22,26)/t16-/m1/s1. The Bertz CT molecular complexity index is 778. The summed E-state index contributed by atoms with van der Waals surface area (Å²) in [5.41, 5.74) is 3.37. The van der Waals surface area contributed by atoms with E-state index in [1.807, 2.05) is 42.5 Å². The lowest BCUT2D eigenvalue weighted by Gasteiger charge is -2.33. The Morgan fingerprint density at radius 2 is 2.00 bits per heavy atom. The Morgan fingerprint density at radius 1 is 1.30 bits per heavy atom. The number of likely N-dealkylation sites (tertiary alicyclic amines) is 1. The van der Waals surface area contributed by atoms with Crippen molar-refractivity contribution in [2.75, 3.05) is 20.2 Å². The van der Waals surface area contributed by atoms with Crippen LogP contribution in [-0.4, -0.2) is 47.0 Å². The first-order valence-electron chi connectivity index (χ1n) is 9.67. The topological polar surface area (TPSA) is 59.4 Å². The molecule has 2 amide bonds. The molecule has 0 bridgehead atoms. The van der Waals surface area contributed by atoms with E-state index in [1.165, 1.54) is 5.56 Å². The molecular weight excluding hydrogens is 340 g/mol. The fourth-order valence-corrected chi connectivity index (χ4v) is 3.86. The molecule has 1 aliphatic rings. The predicted octanol–water partition coefficient (Wildman–Crippen LogP) is 3.49. The lowest BCUT2D eigenvalue weighted by molar-refractivity contribution is 0.176. The van der Waals surface area contributed by atoms with Gasteiger partial charge < -0.3 is 15.0 Å². The van der Waals surface area contributed by atoms with Crippen LogP contribution in [0, 0.1) is 13.8 Å². The minimum atomic E-state index is 0.0162. The molecule has 2 aromatic rings. The van der Waals surface area contributed by atoms with E-state index in [9.17, 15) is 4.79 Å². The molecule has 1 fully saturated rings. The lowest BCUT2D eigenvalue weighted by atomic mass is 9.89. The largest absolute Gasteiger partial charge is 0.496 e. The van der Waals surface area contributed by atoms with Crippen LogP contribution in [0.5, 0.6) is 5.75 Å². The van der Waals surface area contributed by atoms with Crippen molar-refractivity contribution in [1.82, 2.24) is 20.0 Å². The van der Waals surface area contributed by atoms with Crippen LogP contribution in [-0.2, 0) is 6.54 Å². The summed E-state index contributed by atoms with van der Waals surface area (Å²) in [6, 6.07) is 10.3. The normalized spacial score (nSPS) is 16.2. The summed E-state index contributed by atoms with van der Waals surface area (Å²) in [5, 5.41) is 7.58. The van der Waals surface area contributed by atoms with Crippen molar-refractivity contribution in [3.8, 4) is 5.75 Å². The van der Waals surface area contributed by atoms with Gasteiger partial charge in [0.25, 0.3) is 0 Å². The van der Waals surface area contributed by atoms with Crippen molar-refractivity contribution in [2.24, 2.45) is 0 Å². The van der Waals surface area contributed by atoms with Gasteiger partial charge in [0.2, 0.25) is 0 Å². The molecule has 6 nitrogen and oxygen atoms in total. The van der Waals surface area contributed by atoms with Crippen LogP contribution in [0.15, 0.2) is 30.3 Å². The molecule has 2 heterocycles. The number of carbonyl (C=O) groups excluding carboxylic acids is 1. The number of piperidine rings is 1. The van der Waals surface area contributed by atoms with Gasteiger partial charge in [0.05, 0.1) is 19.3 Å². The number of aromatic nitrogens is 2. The van der Waals surface area contributed by atoms with E-state index in [2.05, 4.69) is 28.6 Å². The van der Waals surface area contributed by atoms with Gasteiger partial charge in [0.15, 0.2) is 0 Å². The van der Waals surface area contributed by atoms with Gasteiger partial charge in [0.1, 0.15) is 5.75 Å². The molecule has 1 aromatic carbocycles. The summed E-state index contributed by atoms with van der Waals surface area (Å²) < 4.78 is 7.44. The number of methoxy groups -OCH3 is 1. The molecule has 1 aromatic heterocycles. The van der Waals surface area contributed by atoms with Gasteiger partial charge in [0, 0.05) is 24.8 Å². The smallest absolute Gasteiger partial charge is 0.317 e. The average Bonchev–Trinajstić information content (AvgIpc) is 2.98. The third-order valence-corrected chi connectivity index (χ3v) is 5.28. The van der Waals surface area contributed by atoms with Gasteiger partial charge in [-0.15, -0.1) is 0 Å². The number of nitrogens with one attached hydrogen (secondary N) is 1. The zero-order chi connectivity index (χ0) is 19.4.